The van der Waals surface area contributed by atoms with Gasteiger partial charge in [0.25, 0.3) is 0 Å². The number of hydrogen-bond donors (Lipinski definition) is 4. The molecule has 1 atom stereocenters. The fourth-order valence-electron chi connectivity index (χ4n) is 3.87. The predicted molar refractivity (Wildman–Crippen MR) is 92.6 cm³/mol. The lowest BCUT2D eigenvalue weighted by molar-refractivity contribution is 0.109. The Morgan fingerprint density at radius 3 is 2.79 bits per heavy atom. The van der Waals surface area contributed by atoms with Crippen LogP contribution in [0.25, 0.3) is 0 Å². The molecule has 8 nitrogen and oxygen atoms in total. The van der Waals surface area contributed by atoms with E-state index in [1.807, 2.05) is 0 Å². The van der Waals surface area contributed by atoms with Crippen molar-refractivity contribution in [3.63, 3.8) is 0 Å². The molecule has 4 rings (SSSR count). The van der Waals surface area contributed by atoms with Gasteiger partial charge in [-0.1, -0.05) is 0 Å². The zero-order valence-corrected chi connectivity index (χ0v) is 14.1. The number of rotatable bonds is 2. The third-order valence-electron chi connectivity index (χ3n) is 5.39. The largest absolute Gasteiger partial charge is 0.369 e. The third-order valence-corrected chi connectivity index (χ3v) is 5.39. The standard InChI is InChI=1S/C16H26N8/c1-23-5-2-13(3-6-23)24-7-4-14-11(10-24)8-12(9-19-14)16(18)20-15(17)21-22-16/h8-9,13,22H,2-7,10,18H2,1H3,(H3,17,20,21). The van der Waals surface area contributed by atoms with Gasteiger partial charge in [-0.05, 0) is 44.6 Å². The molecule has 0 saturated carbocycles. The Labute approximate surface area is 142 Å². The number of guanidine groups is 1. The van der Waals surface area contributed by atoms with Gasteiger partial charge in [0.1, 0.15) is 0 Å². The molecule has 1 fully saturated rings. The van der Waals surface area contributed by atoms with Gasteiger partial charge in [0.15, 0.2) is 0 Å². The van der Waals surface area contributed by atoms with Crippen LogP contribution < -0.4 is 22.3 Å². The molecule has 0 aliphatic carbocycles. The Morgan fingerprint density at radius 2 is 2.08 bits per heavy atom. The summed E-state index contributed by atoms with van der Waals surface area (Å²) in [5, 5.41) is 0. The van der Waals surface area contributed by atoms with E-state index in [4.69, 9.17) is 11.5 Å². The Morgan fingerprint density at radius 1 is 1.29 bits per heavy atom. The van der Waals surface area contributed by atoms with E-state index < -0.39 is 5.79 Å². The molecule has 1 saturated heterocycles. The van der Waals surface area contributed by atoms with Crippen LogP contribution in [-0.2, 0) is 18.8 Å². The zero-order chi connectivity index (χ0) is 16.7. The van der Waals surface area contributed by atoms with Crippen molar-refractivity contribution < 1.29 is 0 Å². The van der Waals surface area contributed by atoms with Crippen molar-refractivity contribution in [2.45, 2.75) is 37.6 Å². The molecule has 0 radical (unpaired) electrons. The van der Waals surface area contributed by atoms with Crippen LogP contribution in [0.5, 0.6) is 0 Å². The summed E-state index contributed by atoms with van der Waals surface area (Å²) in [6.45, 7) is 4.39. The molecule has 4 heterocycles. The van der Waals surface area contributed by atoms with Crippen molar-refractivity contribution in [2.24, 2.45) is 16.5 Å². The minimum atomic E-state index is -1.04. The molecule has 0 bridgehead atoms. The lowest BCUT2D eigenvalue weighted by Crippen LogP contribution is -2.51. The van der Waals surface area contributed by atoms with Crippen LogP contribution in [0.4, 0.5) is 0 Å². The molecule has 0 spiro atoms. The fraction of sp³-hybridized carbons (Fsp3) is 0.625. The maximum atomic E-state index is 6.30. The number of likely N-dealkylation sites (tertiary alicyclic amines) is 1. The van der Waals surface area contributed by atoms with Crippen LogP contribution in [0.2, 0.25) is 0 Å². The van der Waals surface area contributed by atoms with Gasteiger partial charge < -0.3 is 10.6 Å². The maximum absolute atomic E-state index is 6.30. The highest BCUT2D eigenvalue weighted by atomic mass is 15.6. The van der Waals surface area contributed by atoms with Crippen molar-refractivity contribution >= 4 is 5.96 Å². The van der Waals surface area contributed by atoms with E-state index in [0.717, 1.165) is 25.1 Å². The quantitative estimate of drug-likeness (QED) is 0.552. The summed E-state index contributed by atoms with van der Waals surface area (Å²) >= 11 is 0. The minimum absolute atomic E-state index is 0.295. The first-order chi connectivity index (χ1) is 11.5. The average Bonchev–Trinajstić information content (AvgIpc) is 2.95. The summed E-state index contributed by atoms with van der Waals surface area (Å²) in [4.78, 5) is 13.9. The molecule has 3 aliphatic heterocycles. The second kappa shape index (κ2) is 5.96. The maximum Gasteiger partial charge on any atom is 0.210 e. The second-order valence-electron chi connectivity index (χ2n) is 7.10. The number of fused-ring (bicyclic) bond motifs is 1. The van der Waals surface area contributed by atoms with Gasteiger partial charge in [-0.2, -0.15) is 5.43 Å². The van der Waals surface area contributed by atoms with Crippen molar-refractivity contribution in [3.8, 4) is 0 Å². The highest BCUT2D eigenvalue weighted by Crippen LogP contribution is 2.27. The third kappa shape index (κ3) is 2.86. The van der Waals surface area contributed by atoms with E-state index in [1.54, 1.807) is 6.20 Å². The van der Waals surface area contributed by atoms with Crippen molar-refractivity contribution in [2.75, 3.05) is 26.7 Å². The molecule has 1 unspecified atom stereocenters. The minimum Gasteiger partial charge on any atom is -0.369 e. The number of nitrogens with zero attached hydrogens (tertiary/aromatic N) is 4. The molecular weight excluding hydrogens is 304 g/mol. The second-order valence-corrected chi connectivity index (χ2v) is 7.10. The van der Waals surface area contributed by atoms with Gasteiger partial charge in [-0.25, -0.2) is 4.99 Å². The Kier molecular flexibility index (Phi) is 3.92. The van der Waals surface area contributed by atoms with E-state index >= 15 is 0 Å². The van der Waals surface area contributed by atoms with Crippen molar-refractivity contribution in [3.05, 3.63) is 29.1 Å². The number of piperidine rings is 1. The number of pyridine rings is 1. The first-order valence-corrected chi connectivity index (χ1v) is 8.62. The Hall–Kier alpha value is -1.74. The number of hydrazine groups is 1. The molecule has 3 aliphatic rings. The average molecular weight is 330 g/mol. The van der Waals surface area contributed by atoms with Gasteiger partial charge in [0, 0.05) is 43.0 Å². The fourth-order valence-corrected chi connectivity index (χ4v) is 3.87. The zero-order valence-electron chi connectivity index (χ0n) is 14.1. The normalized spacial score (nSPS) is 29.2. The molecule has 0 aromatic carbocycles. The molecule has 0 amide bonds. The van der Waals surface area contributed by atoms with E-state index in [2.05, 4.69) is 43.7 Å². The first kappa shape index (κ1) is 15.8. The summed E-state index contributed by atoms with van der Waals surface area (Å²) in [5.74, 6) is -0.745. The van der Waals surface area contributed by atoms with Crippen molar-refractivity contribution in [1.29, 1.82) is 0 Å². The highest BCUT2D eigenvalue weighted by Gasteiger charge is 2.34. The van der Waals surface area contributed by atoms with Gasteiger partial charge in [-0.3, -0.25) is 21.0 Å². The Balaban J connectivity index is 1.53. The van der Waals surface area contributed by atoms with Gasteiger partial charge in [-0.15, -0.1) is 0 Å². The van der Waals surface area contributed by atoms with Crippen LogP contribution in [0, 0.1) is 0 Å². The highest BCUT2D eigenvalue weighted by molar-refractivity contribution is 5.79. The van der Waals surface area contributed by atoms with E-state index in [9.17, 15) is 0 Å². The lowest BCUT2D eigenvalue weighted by Gasteiger charge is -2.39. The SMILES string of the molecule is CN1CCC(N2CCc3ncc(C4(N)N=C(N)NN4)cc3C2)CC1. The van der Waals surface area contributed by atoms with Gasteiger partial charge >= 0.3 is 0 Å². The molecular formula is C16H26N8. The van der Waals surface area contributed by atoms with Gasteiger partial charge in [0.05, 0.1) is 0 Å². The summed E-state index contributed by atoms with van der Waals surface area (Å²) in [6, 6.07) is 2.80. The van der Waals surface area contributed by atoms with E-state index in [0.29, 0.717) is 12.0 Å². The summed E-state index contributed by atoms with van der Waals surface area (Å²) in [5.41, 5.74) is 20.9. The predicted octanol–water partition coefficient (Wildman–Crippen LogP) is -0.975. The van der Waals surface area contributed by atoms with E-state index in [1.165, 1.54) is 37.2 Å². The molecule has 1 aromatic heterocycles. The molecule has 24 heavy (non-hydrogen) atoms. The summed E-state index contributed by atoms with van der Waals surface area (Å²) in [7, 11) is 2.20. The number of nitrogens with two attached hydrogens (primary N) is 2. The number of nitrogens with one attached hydrogen (secondary N) is 2. The number of hydrogen-bond acceptors (Lipinski definition) is 8. The van der Waals surface area contributed by atoms with Crippen LogP contribution in [0.15, 0.2) is 17.3 Å². The van der Waals surface area contributed by atoms with Gasteiger partial charge in [0.2, 0.25) is 11.7 Å². The number of aliphatic imine (C=N–C) groups is 1. The first-order valence-electron chi connectivity index (χ1n) is 8.62. The summed E-state index contributed by atoms with van der Waals surface area (Å²) in [6.07, 6.45) is 5.29. The smallest absolute Gasteiger partial charge is 0.210 e. The summed E-state index contributed by atoms with van der Waals surface area (Å²) < 4.78 is 0. The molecule has 130 valence electrons. The molecule has 1 aromatic rings. The Bertz CT molecular complexity index is 651. The lowest BCUT2D eigenvalue weighted by atomic mass is 9.97. The monoisotopic (exact) mass is 330 g/mol. The molecule has 6 N–H and O–H groups in total. The van der Waals surface area contributed by atoms with Crippen LogP contribution >= 0.6 is 0 Å². The van der Waals surface area contributed by atoms with Crippen LogP contribution in [-0.4, -0.2) is 53.5 Å². The van der Waals surface area contributed by atoms with Crippen LogP contribution in [0.3, 0.4) is 0 Å². The van der Waals surface area contributed by atoms with Crippen LogP contribution in [0.1, 0.15) is 29.7 Å². The topological polar surface area (TPSA) is 108 Å². The number of aromatic nitrogens is 1. The van der Waals surface area contributed by atoms with Crippen molar-refractivity contribution in [1.82, 2.24) is 25.6 Å². The molecule has 8 heteroatoms. The van der Waals surface area contributed by atoms with E-state index in [-0.39, 0.29) is 0 Å².